The summed E-state index contributed by atoms with van der Waals surface area (Å²) < 4.78 is 1.23. The third-order valence-electron chi connectivity index (χ3n) is 2.60. The van der Waals surface area contributed by atoms with E-state index in [2.05, 4.69) is 47.4 Å². The van der Waals surface area contributed by atoms with Gasteiger partial charge >= 0.3 is 62.9 Å². The molecule has 0 unspecified atom stereocenters. The van der Waals surface area contributed by atoms with Crippen LogP contribution in [0.25, 0.3) is 10.8 Å². The van der Waals surface area contributed by atoms with Crippen LogP contribution in [0.15, 0.2) is 73.1 Å². The van der Waals surface area contributed by atoms with Gasteiger partial charge in [0.25, 0.3) is 0 Å². The van der Waals surface area contributed by atoms with Gasteiger partial charge in [0, 0.05) is 12.4 Å². The number of rotatable bonds is 1. The number of nitrogens with zero attached hydrogens (tertiary/aromatic N) is 1. The predicted molar refractivity (Wildman–Crippen MR) is 77.6 cm³/mol. The topological polar surface area (TPSA) is 12.9 Å². The van der Waals surface area contributed by atoms with E-state index in [0.717, 1.165) is 0 Å². The van der Waals surface area contributed by atoms with E-state index in [-0.39, 0.29) is 0 Å². The maximum Gasteiger partial charge on any atom is 0.0346 e. The van der Waals surface area contributed by atoms with Gasteiger partial charge in [0.15, 0.2) is 0 Å². The number of aromatic nitrogens is 1. The summed E-state index contributed by atoms with van der Waals surface area (Å²) in [4.78, 5) is 4.01. The second-order valence-corrected chi connectivity index (χ2v) is 4.89. The average Bonchev–Trinajstić information content (AvgIpc) is 2.49. The molecule has 1 aromatic heterocycles. The molecule has 0 saturated heterocycles. The van der Waals surface area contributed by atoms with Crippen molar-refractivity contribution in [2.24, 2.45) is 0 Å². The van der Waals surface area contributed by atoms with Gasteiger partial charge in [0.05, 0.1) is 0 Å². The number of hydrogen-bond donors (Lipinski definition) is 0. The van der Waals surface area contributed by atoms with Crippen molar-refractivity contribution in [2.45, 2.75) is 4.44 Å². The zero-order valence-corrected chi connectivity index (χ0v) is 12.9. The van der Waals surface area contributed by atoms with E-state index in [1.54, 1.807) is 22.5 Å². The van der Waals surface area contributed by atoms with E-state index >= 15 is 0 Å². The van der Waals surface area contributed by atoms with Gasteiger partial charge in [0.2, 0.25) is 0 Å². The van der Waals surface area contributed by atoms with Crippen molar-refractivity contribution in [1.82, 2.24) is 4.98 Å². The summed E-state index contributed by atoms with van der Waals surface area (Å²) in [6.07, 6.45) is 3.68. The van der Waals surface area contributed by atoms with Crippen LogP contribution in [0.4, 0.5) is 0 Å². The third kappa shape index (κ3) is 3.84. The maximum absolute atomic E-state index is 4.01. The Kier molecular flexibility index (Phi) is 5.21. The van der Waals surface area contributed by atoms with Crippen molar-refractivity contribution < 1.29 is 0 Å². The Balaban J connectivity index is 0.000000138. The first-order valence-corrected chi connectivity index (χ1v) is 7.89. The molecule has 0 saturated carbocycles. The molecule has 0 fully saturated rings. The fourth-order valence-corrected chi connectivity index (χ4v) is 2.30. The van der Waals surface area contributed by atoms with Gasteiger partial charge in [-0.05, 0) is 16.8 Å². The monoisotopic (exact) mass is 340 g/mol. The summed E-state index contributed by atoms with van der Waals surface area (Å²) in [6, 6.07) is 20.7. The molecule has 0 bridgehead atoms. The van der Waals surface area contributed by atoms with Gasteiger partial charge in [-0.15, -0.1) is 0 Å². The van der Waals surface area contributed by atoms with Gasteiger partial charge in [0.1, 0.15) is 0 Å². The van der Waals surface area contributed by atoms with Crippen molar-refractivity contribution in [3.63, 3.8) is 0 Å². The van der Waals surface area contributed by atoms with Crippen molar-refractivity contribution in [3.05, 3.63) is 78.6 Å². The van der Waals surface area contributed by atoms with E-state index in [1.807, 2.05) is 30.6 Å². The fourth-order valence-electron chi connectivity index (χ4n) is 1.62. The second-order valence-electron chi connectivity index (χ2n) is 3.89. The van der Waals surface area contributed by atoms with Crippen molar-refractivity contribution in [3.8, 4) is 0 Å². The van der Waals surface area contributed by atoms with Crippen LogP contribution in [0, 0.1) is 0 Å². The molecule has 0 aliphatic heterocycles. The van der Waals surface area contributed by atoms with E-state index in [1.165, 1.54) is 20.8 Å². The number of benzene rings is 2. The summed E-state index contributed by atoms with van der Waals surface area (Å²) in [5.41, 5.74) is 1.45. The molecule has 2 heteroatoms. The molecule has 3 aromatic rings. The van der Waals surface area contributed by atoms with Crippen LogP contribution >= 0.6 is 0 Å². The van der Waals surface area contributed by atoms with E-state index in [4.69, 9.17) is 0 Å². The molecule has 0 aliphatic carbocycles. The molecule has 0 amide bonds. The average molecular weight is 339 g/mol. The number of hydrogen-bond acceptors (Lipinski definition) is 1. The molecule has 0 N–H and O–H groups in total. The van der Waals surface area contributed by atoms with E-state index < -0.39 is 0 Å². The van der Waals surface area contributed by atoms with Crippen LogP contribution in [0.5, 0.6) is 0 Å². The third-order valence-corrected chi connectivity index (χ3v) is 3.76. The number of fused-ring (bicyclic) bond motifs is 1. The van der Waals surface area contributed by atoms with Crippen LogP contribution in [0.2, 0.25) is 0 Å². The molecule has 2 aromatic carbocycles. The quantitative estimate of drug-likeness (QED) is 0.618. The minimum Gasteiger partial charge on any atom is -0.264 e. The fraction of sp³-hybridized carbons (Fsp3) is 0.0625. The molecule has 3 rings (SSSR count). The minimum absolute atomic E-state index is 1.20. The summed E-state index contributed by atoms with van der Waals surface area (Å²) in [5.74, 6) is 0. The van der Waals surface area contributed by atoms with Gasteiger partial charge in [-0.1, -0.05) is 24.3 Å². The Morgan fingerprint density at radius 1 is 0.778 bits per heavy atom. The molecular weight excluding hydrogens is 325 g/mol. The predicted octanol–water partition coefficient (Wildman–Crippen LogP) is 3.59. The first-order valence-electron chi connectivity index (χ1n) is 5.87. The van der Waals surface area contributed by atoms with Gasteiger partial charge in [-0.2, -0.15) is 0 Å². The first kappa shape index (κ1) is 13.1. The Bertz CT molecular complexity index is 528. The molecule has 87 valence electrons. The van der Waals surface area contributed by atoms with Crippen LogP contribution in [-0.2, 0) is 4.44 Å². The first-order chi connectivity index (χ1) is 8.90. The summed E-state index contributed by atoms with van der Waals surface area (Å²) in [6.45, 7) is 0. The molecule has 18 heavy (non-hydrogen) atoms. The van der Waals surface area contributed by atoms with Crippen molar-refractivity contribution >= 4 is 33.3 Å². The summed E-state index contributed by atoms with van der Waals surface area (Å²) in [5, 5.41) is 2.45. The molecule has 1 nitrogen and oxygen atoms in total. The Morgan fingerprint density at radius 2 is 1.44 bits per heavy atom. The van der Waals surface area contributed by atoms with Gasteiger partial charge in [-0.25, -0.2) is 0 Å². The van der Waals surface area contributed by atoms with Crippen molar-refractivity contribution in [2.75, 3.05) is 0 Å². The Labute approximate surface area is 121 Å². The molecule has 3 radical (unpaired) electrons. The smallest absolute Gasteiger partial charge is 0.0346 e. The normalized spacial score (nSPS) is 9.61. The van der Waals surface area contributed by atoms with Gasteiger partial charge in [-0.3, -0.25) is 4.98 Å². The summed E-state index contributed by atoms with van der Waals surface area (Å²) in [7, 11) is 0. The SMILES string of the molecule is [Sn][CH2]c1ccccc1.c1ccc2cnccc2c1. The zero-order valence-electron chi connectivity index (χ0n) is 10.1. The largest absolute Gasteiger partial charge is 0.264 e. The van der Waals surface area contributed by atoms with E-state index in [0.29, 0.717) is 0 Å². The standard InChI is InChI=1S/C9H7N.C7H7.Sn/c1-2-4-9-7-10-6-5-8(9)3-1;1-7-5-3-2-4-6-7;/h1-7H;2-6H,1H2;. The van der Waals surface area contributed by atoms with Crippen LogP contribution < -0.4 is 0 Å². The van der Waals surface area contributed by atoms with E-state index in [9.17, 15) is 0 Å². The molecule has 0 atom stereocenters. The zero-order chi connectivity index (χ0) is 12.6. The maximum atomic E-state index is 4.01. The van der Waals surface area contributed by atoms with Crippen LogP contribution in [-0.4, -0.2) is 27.5 Å². The second kappa shape index (κ2) is 7.16. The van der Waals surface area contributed by atoms with Crippen LogP contribution in [0.3, 0.4) is 0 Å². The molecular formula is C16H14NSn. The molecule has 0 spiro atoms. The minimum atomic E-state index is 1.20. The Morgan fingerprint density at radius 3 is 2.06 bits per heavy atom. The van der Waals surface area contributed by atoms with Gasteiger partial charge < -0.3 is 0 Å². The van der Waals surface area contributed by atoms with Crippen molar-refractivity contribution in [1.29, 1.82) is 0 Å². The number of pyridine rings is 1. The summed E-state index contributed by atoms with van der Waals surface area (Å²) >= 11 is 1.59. The Hall–Kier alpha value is -1.35. The molecule has 0 aliphatic rings. The molecule has 1 heterocycles. The van der Waals surface area contributed by atoms with Crippen LogP contribution in [0.1, 0.15) is 5.56 Å².